The molecule has 4 nitrogen and oxygen atoms in total. The number of nitrogen functional groups attached to an aromatic ring is 1. The van der Waals surface area contributed by atoms with Gasteiger partial charge in [-0.05, 0) is 30.2 Å². The second-order valence-corrected chi connectivity index (χ2v) is 4.05. The minimum Gasteiger partial charge on any atom is -0.507 e. The Morgan fingerprint density at radius 2 is 2.16 bits per heavy atom. The first-order valence-electron chi connectivity index (χ1n) is 5.76. The zero-order chi connectivity index (χ0) is 13.8. The van der Waals surface area contributed by atoms with Gasteiger partial charge in [-0.2, -0.15) is 5.26 Å². The van der Waals surface area contributed by atoms with E-state index in [9.17, 15) is 5.11 Å². The Bertz CT molecular complexity index is 672. The summed E-state index contributed by atoms with van der Waals surface area (Å²) in [7, 11) is 0. The van der Waals surface area contributed by atoms with Gasteiger partial charge in [0, 0.05) is 5.56 Å². The number of para-hydroxylation sites is 1. The van der Waals surface area contributed by atoms with Crippen molar-refractivity contribution in [2.45, 2.75) is 6.42 Å². The molecular formula is C15H13N3O. The Morgan fingerprint density at radius 3 is 2.79 bits per heavy atom. The van der Waals surface area contributed by atoms with Gasteiger partial charge in [-0.3, -0.25) is 0 Å². The molecule has 3 N–H and O–H groups in total. The second-order valence-electron chi connectivity index (χ2n) is 4.05. The zero-order valence-electron chi connectivity index (χ0n) is 10.3. The summed E-state index contributed by atoms with van der Waals surface area (Å²) in [4.78, 5) is 4.18. The molecule has 0 aliphatic heterocycles. The predicted octanol–water partition coefficient (Wildman–Crippen LogP) is 2.64. The number of hydrogen-bond donors (Lipinski definition) is 2. The number of anilines is 1. The van der Waals surface area contributed by atoms with E-state index in [2.05, 4.69) is 11.6 Å². The summed E-state index contributed by atoms with van der Waals surface area (Å²) in [5.74, 6) is 0.295. The maximum atomic E-state index is 9.84. The van der Waals surface area contributed by atoms with Crippen LogP contribution in [0.5, 0.6) is 5.75 Å². The summed E-state index contributed by atoms with van der Waals surface area (Å²) in [5.41, 5.74) is 8.05. The van der Waals surface area contributed by atoms with Gasteiger partial charge in [-0.15, -0.1) is 6.58 Å². The Hall–Kier alpha value is -2.80. The Morgan fingerprint density at radius 1 is 1.42 bits per heavy atom. The number of nitriles is 1. The van der Waals surface area contributed by atoms with Crippen molar-refractivity contribution in [1.29, 1.82) is 5.26 Å². The summed E-state index contributed by atoms with van der Waals surface area (Å²) >= 11 is 0. The van der Waals surface area contributed by atoms with E-state index in [1.54, 1.807) is 36.4 Å². The highest BCUT2D eigenvalue weighted by atomic mass is 16.3. The van der Waals surface area contributed by atoms with Crippen LogP contribution < -0.4 is 5.73 Å². The standard InChI is InChI=1S/C15H13N3O/c1-2-5-10-8-13(18-15(17)12(10)9-16)11-6-3-4-7-14(11)19/h2-4,6-8,19H,1,5H2,(H2,17,18). The third-order valence-corrected chi connectivity index (χ3v) is 2.79. The number of hydrogen-bond acceptors (Lipinski definition) is 4. The van der Waals surface area contributed by atoms with Gasteiger partial charge >= 0.3 is 0 Å². The van der Waals surface area contributed by atoms with Crippen LogP contribution in [-0.2, 0) is 6.42 Å². The fraction of sp³-hybridized carbons (Fsp3) is 0.0667. The quantitative estimate of drug-likeness (QED) is 0.821. The molecule has 0 bridgehead atoms. The van der Waals surface area contributed by atoms with Gasteiger partial charge in [-0.25, -0.2) is 4.98 Å². The number of benzene rings is 1. The molecule has 0 atom stereocenters. The molecule has 1 aromatic heterocycles. The van der Waals surface area contributed by atoms with Crippen molar-refractivity contribution >= 4 is 5.82 Å². The van der Waals surface area contributed by atoms with Crippen LogP contribution in [0.15, 0.2) is 43.0 Å². The van der Waals surface area contributed by atoms with Gasteiger partial charge < -0.3 is 10.8 Å². The van der Waals surface area contributed by atoms with Crippen LogP contribution in [-0.4, -0.2) is 10.1 Å². The molecule has 94 valence electrons. The van der Waals surface area contributed by atoms with Crippen LogP contribution in [0.25, 0.3) is 11.3 Å². The van der Waals surface area contributed by atoms with Gasteiger partial charge in [-0.1, -0.05) is 18.2 Å². The summed E-state index contributed by atoms with van der Waals surface area (Å²) < 4.78 is 0. The van der Waals surface area contributed by atoms with Crippen LogP contribution in [0.4, 0.5) is 5.82 Å². The summed E-state index contributed by atoms with van der Waals surface area (Å²) in [6.07, 6.45) is 2.22. The van der Waals surface area contributed by atoms with Crippen molar-refractivity contribution in [3.63, 3.8) is 0 Å². The molecule has 0 unspecified atom stereocenters. The van der Waals surface area contributed by atoms with E-state index in [0.717, 1.165) is 5.56 Å². The van der Waals surface area contributed by atoms with Crippen LogP contribution in [0.2, 0.25) is 0 Å². The molecular weight excluding hydrogens is 238 g/mol. The fourth-order valence-electron chi connectivity index (χ4n) is 1.89. The number of aromatic hydroxyl groups is 1. The van der Waals surface area contributed by atoms with Crippen molar-refractivity contribution in [2.24, 2.45) is 0 Å². The highest BCUT2D eigenvalue weighted by Crippen LogP contribution is 2.30. The van der Waals surface area contributed by atoms with Crippen LogP contribution in [0.1, 0.15) is 11.1 Å². The highest BCUT2D eigenvalue weighted by molar-refractivity contribution is 5.71. The van der Waals surface area contributed by atoms with E-state index < -0.39 is 0 Å². The third kappa shape index (κ3) is 2.40. The smallest absolute Gasteiger partial charge is 0.142 e. The lowest BCUT2D eigenvalue weighted by Gasteiger charge is -2.09. The number of nitrogens with zero attached hydrogens (tertiary/aromatic N) is 2. The normalized spacial score (nSPS) is 9.84. The van der Waals surface area contributed by atoms with Crippen LogP contribution in [0, 0.1) is 11.3 Å². The lowest BCUT2D eigenvalue weighted by molar-refractivity contribution is 0.477. The lowest BCUT2D eigenvalue weighted by atomic mass is 10.0. The van der Waals surface area contributed by atoms with Gasteiger partial charge in [0.05, 0.1) is 11.3 Å². The molecule has 0 amide bonds. The van der Waals surface area contributed by atoms with E-state index in [4.69, 9.17) is 11.0 Å². The van der Waals surface area contributed by atoms with Crippen molar-refractivity contribution < 1.29 is 5.11 Å². The van der Waals surface area contributed by atoms with Gasteiger partial charge in [0.15, 0.2) is 0 Å². The molecule has 0 radical (unpaired) electrons. The van der Waals surface area contributed by atoms with E-state index in [0.29, 0.717) is 23.2 Å². The van der Waals surface area contributed by atoms with E-state index in [1.807, 2.05) is 6.07 Å². The van der Waals surface area contributed by atoms with Gasteiger partial charge in [0.25, 0.3) is 0 Å². The Balaban J connectivity index is 2.64. The van der Waals surface area contributed by atoms with Crippen molar-refractivity contribution in [2.75, 3.05) is 5.73 Å². The van der Waals surface area contributed by atoms with Crippen LogP contribution >= 0.6 is 0 Å². The molecule has 2 rings (SSSR count). The largest absolute Gasteiger partial charge is 0.507 e. The van der Waals surface area contributed by atoms with Gasteiger partial charge in [0.1, 0.15) is 17.6 Å². The number of rotatable bonds is 3. The maximum Gasteiger partial charge on any atom is 0.142 e. The summed E-state index contributed by atoms with van der Waals surface area (Å²) in [6.45, 7) is 3.66. The van der Waals surface area contributed by atoms with E-state index in [-0.39, 0.29) is 11.6 Å². The number of nitrogens with two attached hydrogens (primary N) is 1. The second kappa shape index (κ2) is 5.23. The Kier molecular flexibility index (Phi) is 3.48. The molecule has 0 saturated heterocycles. The summed E-state index contributed by atoms with van der Waals surface area (Å²) in [5, 5.41) is 18.9. The van der Waals surface area contributed by atoms with E-state index in [1.165, 1.54) is 0 Å². The monoisotopic (exact) mass is 251 g/mol. The number of phenols is 1. The fourth-order valence-corrected chi connectivity index (χ4v) is 1.89. The molecule has 1 aromatic carbocycles. The minimum absolute atomic E-state index is 0.128. The van der Waals surface area contributed by atoms with Gasteiger partial charge in [0.2, 0.25) is 0 Å². The first kappa shape index (κ1) is 12.7. The molecule has 0 spiro atoms. The molecule has 2 aromatic rings. The number of aromatic nitrogens is 1. The maximum absolute atomic E-state index is 9.84. The number of allylic oxidation sites excluding steroid dienone is 1. The lowest BCUT2D eigenvalue weighted by Crippen LogP contribution is -2.01. The number of pyridine rings is 1. The summed E-state index contributed by atoms with van der Waals surface area (Å²) in [6, 6.07) is 10.7. The minimum atomic E-state index is 0.128. The van der Waals surface area contributed by atoms with Crippen molar-refractivity contribution in [3.05, 3.63) is 54.1 Å². The molecule has 4 heteroatoms. The number of phenolic OH excluding ortho intramolecular Hbond substituents is 1. The zero-order valence-corrected chi connectivity index (χ0v) is 10.3. The molecule has 0 fully saturated rings. The predicted molar refractivity (Wildman–Crippen MR) is 74.4 cm³/mol. The first-order valence-corrected chi connectivity index (χ1v) is 5.76. The SMILES string of the molecule is C=CCc1cc(-c2ccccc2O)nc(N)c1C#N. The molecule has 1 heterocycles. The third-order valence-electron chi connectivity index (χ3n) is 2.79. The first-order chi connectivity index (χ1) is 9.17. The Labute approximate surface area is 111 Å². The molecule has 0 saturated carbocycles. The van der Waals surface area contributed by atoms with Crippen LogP contribution in [0.3, 0.4) is 0 Å². The van der Waals surface area contributed by atoms with Crippen molar-refractivity contribution in [3.8, 4) is 23.1 Å². The average Bonchev–Trinajstić information content (AvgIpc) is 2.39. The van der Waals surface area contributed by atoms with Crippen molar-refractivity contribution in [1.82, 2.24) is 4.98 Å². The topological polar surface area (TPSA) is 82.9 Å². The van der Waals surface area contributed by atoms with E-state index >= 15 is 0 Å². The highest BCUT2D eigenvalue weighted by Gasteiger charge is 2.12. The molecule has 0 aliphatic carbocycles. The molecule has 19 heavy (non-hydrogen) atoms. The molecule has 0 aliphatic rings. The average molecular weight is 251 g/mol.